The minimum atomic E-state index is -4.27. The lowest BCUT2D eigenvalue weighted by atomic mass is 10.2. The molecular weight excluding hydrogens is 281 g/mol. The number of rotatable bonds is 4. The molecular formula is C11H13F3N2O2S. The normalized spacial score (nSPS) is 19.6. The summed E-state index contributed by atoms with van der Waals surface area (Å²) >= 11 is 1.29. The molecule has 0 spiro atoms. The average molecular weight is 294 g/mol. The fourth-order valence-corrected chi connectivity index (χ4v) is 2.60. The van der Waals surface area contributed by atoms with Crippen molar-refractivity contribution in [3.63, 3.8) is 0 Å². The maximum Gasteiger partial charge on any atom is 0.390 e. The fourth-order valence-electron chi connectivity index (χ4n) is 1.72. The highest BCUT2D eigenvalue weighted by atomic mass is 32.1. The van der Waals surface area contributed by atoms with E-state index in [-0.39, 0.29) is 11.8 Å². The maximum atomic E-state index is 11.9. The number of aromatic nitrogens is 1. The smallest absolute Gasteiger partial charge is 0.371 e. The summed E-state index contributed by atoms with van der Waals surface area (Å²) in [5, 5.41) is 4.45. The number of alkyl halides is 3. The molecule has 1 aromatic heterocycles. The number of ether oxygens (including phenoxy) is 1. The number of thiazole rings is 1. The van der Waals surface area contributed by atoms with E-state index in [0.29, 0.717) is 11.6 Å². The molecule has 0 aliphatic carbocycles. The van der Waals surface area contributed by atoms with E-state index in [0.717, 1.165) is 12.8 Å². The molecule has 1 fully saturated rings. The molecule has 0 aromatic carbocycles. The Labute approximate surface area is 112 Å². The van der Waals surface area contributed by atoms with Crippen molar-refractivity contribution in [3.05, 3.63) is 16.1 Å². The topological polar surface area (TPSA) is 51.2 Å². The van der Waals surface area contributed by atoms with Crippen molar-refractivity contribution in [2.45, 2.75) is 31.5 Å². The van der Waals surface area contributed by atoms with Gasteiger partial charge in [0.1, 0.15) is 16.8 Å². The van der Waals surface area contributed by atoms with Crippen molar-refractivity contribution >= 4 is 17.2 Å². The molecule has 1 aliphatic heterocycles. The van der Waals surface area contributed by atoms with Gasteiger partial charge >= 0.3 is 6.18 Å². The van der Waals surface area contributed by atoms with Gasteiger partial charge in [0.2, 0.25) is 0 Å². The lowest BCUT2D eigenvalue weighted by Gasteiger charge is -2.06. The second-order valence-electron chi connectivity index (χ2n) is 4.19. The number of carbonyl (C=O) groups is 1. The van der Waals surface area contributed by atoms with Crippen LogP contribution in [0.25, 0.3) is 0 Å². The summed E-state index contributed by atoms with van der Waals surface area (Å²) in [6.45, 7) is 0.243. The number of hydrogen-bond acceptors (Lipinski definition) is 4. The fraction of sp³-hybridized carbons (Fsp3) is 0.636. The molecule has 8 heteroatoms. The lowest BCUT2D eigenvalue weighted by molar-refractivity contribution is -0.132. The second-order valence-corrected chi connectivity index (χ2v) is 5.08. The van der Waals surface area contributed by atoms with E-state index >= 15 is 0 Å². The molecule has 0 bridgehead atoms. The molecule has 1 saturated heterocycles. The molecule has 1 amide bonds. The summed E-state index contributed by atoms with van der Waals surface area (Å²) in [4.78, 5) is 15.7. The van der Waals surface area contributed by atoms with Crippen molar-refractivity contribution in [1.29, 1.82) is 0 Å². The average Bonchev–Trinajstić information content (AvgIpc) is 2.98. The number of amides is 1. The highest BCUT2D eigenvalue weighted by Gasteiger charge is 2.27. The molecule has 4 nitrogen and oxygen atoms in total. The van der Waals surface area contributed by atoms with E-state index in [2.05, 4.69) is 10.3 Å². The largest absolute Gasteiger partial charge is 0.390 e. The Hall–Kier alpha value is -1.15. The Morgan fingerprint density at radius 3 is 3.00 bits per heavy atom. The van der Waals surface area contributed by atoms with Crippen LogP contribution in [0.3, 0.4) is 0 Å². The molecule has 19 heavy (non-hydrogen) atoms. The second kappa shape index (κ2) is 5.87. The molecule has 2 heterocycles. The lowest BCUT2D eigenvalue weighted by Crippen LogP contribution is -2.28. The summed E-state index contributed by atoms with van der Waals surface area (Å²) < 4.78 is 41.2. The van der Waals surface area contributed by atoms with Gasteiger partial charge in [-0.15, -0.1) is 11.3 Å². The quantitative estimate of drug-likeness (QED) is 0.929. The third kappa shape index (κ3) is 4.17. The highest BCUT2D eigenvalue weighted by molar-refractivity contribution is 7.09. The number of nitrogens with one attached hydrogen (secondary N) is 1. The third-order valence-corrected chi connectivity index (χ3v) is 3.59. The predicted octanol–water partition coefficient (Wildman–Crippen LogP) is 2.68. The first-order chi connectivity index (χ1) is 8.96. The van der Waals surface area contributed by atoms with Crippen molar-refractivity contribution in [1.82, 2.24) is 10.3 Å². The van der Waals surface area contributed by atoms with Crippen LogP contribution < -0.4 is 5.32 Å². The molecule has 2 rings (SSSR count). The Morgan fingerprint density at radius 1 is 1.58 bits per heavy atom. The van der Waals surface area contributed by atoms with Gasteiger partial charge in [0.25, 0.3) is 5.91 Å². The Kier molecular flexibility index (Phi) is 4.41. The van der Waals surface area contributed by atoms with Crippen LogP contribution in [0.2, 0.25) is 0 Å². The summed E-state index contributed by atoms with van der Waals surface area (Å²) in [5.41, 5.74) is 0.151. The molecule has 106 valence electrons. The van der Waals surface area contributed by atoms with Crippen molar-refractivity contribution in [3.8, 4) is 0 Å². The van der Waals surface area contributed by atoms with Gasteiger partial charge in [0.05, 0.1) is 6.42 Å². The van der Waals surface area contributed by atoms with Crippen LogP contribution in [-0.2, 0) is 4.74 Å². The summed E-state index contributed by atoms with van der Waals surface area (Å²) in [7, 11) is 0. The minimum absolute atomic E-state index is 0.0817. The molecule has 1 N–H and O–H groups in total. The van der Waals surface area contributed by atoms with Crippen LogP contribution in [0.15, 0.2) is 5.38 Å². The minimum Gasteiger partial charge on any atom is -0.371 e. The molecule has 1 aromatic rings. The zero-order valence-electron chi connectivity index (χ0n) is 10.00. The van der Waals surface area contributed by atoms with Crippen molar-refractivity contribution in [2.24, 2.45) is 0 Å². The molecule has 0 saturated carbocycles. The Bertz CT molecular complexity index is 441. The van der Waals surface area contributed by atoms with Crippen LogP contribution >= 0.6 is 11.3 Å². The van der Waals surface area contributed by atoms with Gasteiger partial charge in [-0.05, 0) is 12.8 Å². The highest BCUT2D eigenvalue weighted by Crippen LogP contribution is 2.30. The zero-order chi connectivity index (χ0) is 13.9. The molecule has 0 radical (unpaired) electrons. The van der Waals surface area contributed by atoms with Crippen LogP contribution in [0.4, 0.5) is 13.2 Å². The SMILES string of the molecule is O=C(NCCC(F)(F)F)c1csc(C2CCCO2)n1. The molecule has 1 atom stereocenters. The van der Waals surface area contributed by atoms with E-state index in [1.54, 1.807) is 5.38 Å². The van der Waals surface area contributed by atoms with Crippen LogP contribution in [-0.4, -0.2) is 30.2 Å². The van der Waals surface area contributed by atoms with E-state index in [4.69, 9.17) is 4.74 Å². The van der Waals surface area contributed by atoms with Gasteiger partial charge in [0.15, 0.2) is 0 Å². The van der Waals surface area contributed by atoms with E-state index < -0.39 is 25.0 Å². The molecule has 1 unspecified atom stereocenters. The van der Waals surface area contributed by atoms with E-state index in [1.165, 1.54) is 11.3 Å². The van der Waals surface area contributed by atoms with Crippen LogP contribution in [0, 0.1) is 0 Å². The first kappa shape index (κ1) is 14.3. The van der Waals surface area contributed by atoms with Gasteiger partial charge in [-0.1, -0.05) is 0 Å². The van der Waals surface area contributed by atoms with Crippen LogP contribution in [0.1, 0.15) is 40.9 Å². The molecule has 1 aliphatic rings. The van der Waals surface area contributed by atoms with Gasteiger partial charge in [-0.2, -0.15) is 13.2 Å². The van der Waals surface area contributed by atoms with E-state index in [9.17, 15) is 18.0 Å². The number of halogens is 3. The van der Waals surface area contributed by atoms with Gasteiger partial charge in [-0.25, -0.2) is 4.98 Å². The summed E-state index contributed by atoms with van der Waals surface area (Å²) in [5.74, 6) is -0.579. The maximum absolute atomic E-state index is 11.9. The first-order valence-electron chi connectivity index (χ1n) is 5.88. The van der Waals surface area contributed by atoms with E-state index in [1.807, 2.05) is 0 Å². The van der Waals surface area contributed by atoms with Crippen LogP contribution in [0.5, 0.6) is 0 Å². The zero-order valence-corrected chi connectivity index (χ0v) is 10.8. The third-order valence-electron chi connectivity index (χ3n) is 2.65. The predicted molar refractivity (Wildman–Crippen MR) is 63.0 cm³/mol. The summed E-state index contributed by atoms with van der Waals surface area (Å²) in [6.07, 6.45) is -3.57. The number of hydrogen-bond donors (Lipinski definition) is 1. The van der Waals surface area contributed by atoms with Crippen molar-refractivity contribution < 1.29 is 22.7 Å². The first-order valence-corrected chi connectivity index (χ1v) is 6.75. The Morgan fingerprint density at radius 2 is 2.37 bits per heavy atom. The summed E-state index contributed by atoms with van der Waals surface area (Å²) in [6, 6.07) is 0. The monoisotopic (exact) mass is 294 g/mol. The van der Waals surface area contributed by atoms with Gasteiger partial charge in [0, 0.05) is 18.5 Å². The van der Waals surface area contributed by atoms with Gasteiger partial charge in [-0.3, -0.25) is 4.79 Å². The van der Waals surface area contributed by atoms with Crippen molar-refractivity contribution in [2.75, 3.05) is 13.2 Å². The number of nitrogens with zero attached hydrogens (tertiary/aromatic N) is 1. The van der Waals surface area contributed by atoms with Gasteiger partial charge < -0.3 is 10.1 Å². The Balaban J connectivity index is 1.85. The number of carbonyl (C=O) groups excluding carboxylic acids is 1. The standard InChI is InChI=1S/C11H13F3N2O2S/c12-11(13,14)3-4-15-9(17)7-6-19-10(16-7)8-2-1-5-18-8/h6,8H,1-5H2,(H,15,17).